The molecule has 180 valence electrons. The molecule has 33 heavy (non-hydrogen) atoms. The van der Waals surface area contributed by atoms with Crippen LogP contribution in [0.15, 0.2) is 53.0 Å². The van der Waals surface area contributed by atoms with Crippen LogP contribution < -0.4 is 10.1 Å². The van der Waals surface area contributed by atoms with Gasteiger partial charge in [0, 0.05) is 12.6 Å². The molecule has 0 radical (unpaired) electrons. The van der Waals surface area contributed by atoms with Crippen molar-refractivity contribution < 1.29 is 14.3 Å². The minimum absolute atomic E-state index is 0.0174. The van der Waals surface area contributed by atoms with E-state index in [1.54, 1.807) is 11.8 Å². The maximum Gasteiger partial charge on any atom is 0.261 e. The van der Waals surface area contributed by atoms with Gasteiger partial charge in [-0.1, -0.05) is 64.1 Å². The van der Waals surface area contributed by atoms with Crippen molar-refractivity contribution in [3.8, 4) is 5.75 Å². The fourth-order valence-electron chi connectivity index (χ4n) is 3.34. The summed E-state index contributed by atoms with van der Waals surface area (Å²) >= 11 is 3.56. The van der Waals surface area contributed by atoms with Gasteiger partial charge in [-0.2, -0.15) is 0 Å². The van der Waals surface area contributed by atoms with Crippen LogP contribution in [0.3, 0.4) is 0 Å². The van der Waals surface area contributed by atoms with E-state index in [1.807, 2.05) is 62.4 Å². The average Bonchev–Trinajstić information content (AvgIpc) is 2.78. The van der Waals surface area contributed by atoms with Crippen molar-refractivity contribution in [3.05, 3.63) is 64.1 Å². The molecular weight excluding hydrogens is 480 g/mol. The van der Waals surface area contributed by atoms with E-state index in [9.17, 15) is 9.59 Å². The van der Waals surface area contributed by atoms with E-state index in [-0.39, 0.29) is 29.9 Å². The first-order valence-corrected chi connectivity index (χ1v) is 12.4. The number of hydrogen-bond acceptors (Lipinski definition) is 3. The molecule has 0 bridgehead atoms. The lowest BCUT2D eigenvalue weighted by atomic mass is 9.87. The first kappa shape index (κ1) is 26.9. The molecule has 0 aromatic heterocycles. The van der Waals surface area contributed by atoms with Gasteiger partial charge in [0.15, 0.2) is 6.61 Å². The number of hydrogen-bond donors (Lipinski definition) is 1. The molecule has 0 fully saturated rings. The zero-order valence-corrected chi connectivity index (χ0v) is 22.2. The largest absolute Gasteiger partial charge is 0.483 e. The van der Waals surface area contributed by atoms with E-state index in [0.717, 1.165) is 16.5 Å². The number of nitrogens with zero attached hydrogens (tertiary/aromatic N) is 1. The highest BCUT2D eigenvalue weighted by Crippen LogP contribution is 2.31. The van der Waals surface area contributed by atoms with Crippen LogP contribution in [0.4, 0.5) is 0 Å². The molecule has 0 aliphatic rings. The normalized spacial score (nSPS) is 13.2. The SMILES string of the molecule is CC[C@H](C)NC(=O)[C@H](C)N(CCc1ccccc1)C(=O)COc1ccc(C(C)(C)C)cc1Br. The third-order valence-corrected chi connectivity index (χ3v) is 6.42. The van der Waals surface area contributed by atoms with Gasteiger partial charge in [-0.3, -0.25) is 9.59 Å². The average molecular weight is 518 g/mol. The van der Waals surface area contributed by atoms with Crippen molar-refractivity contribution in [3.63, 3.8) is 0 Å². The highest BCUT2D eigenvalue weighted by molar-refractivity contribution is 9.10. The monoisotopic (exact) mass is 516 g/mol. The Bertz CT molecular complexity index is 925. The van der Waals surface area contributed by atoms with Gasteiger partial charge in [0.25, 0.3) is 5.91 Å². The summed E-state index contributed by atoms with van der Waals surface area (Å²) in [4.78, 5) is 27.6. The maximum absolute atomic E-state index is 13.2. The number of ether oxygens (including phenoxy) is 1. The van der Waals surface area contributed by atoms with Crippen LogP contribution in [-0.2, 0) is 21.4 Å². The molecule has 2 rings (SSSR count). The van der Waals surface area contributed by atoms with Gasteiger partial charge in [0.05, 0.1) is 4.47 Å². The fourth-order valence-corrected chi connectivity index (χ4v) is 3.84. The Kier molecular flexibility index (Phi) is 9.96. The van der Waals surface area contributed by atoms with Crippen LogP contribution in [0, 0.1) is 0 Å². The van der Waals surface area contributed by atoms with Crippen molar-refractivity contribution in [2.45, 2.75) is 71.9 Å². The summed E-state index contributed by atoms with van der Waals surface area (Å²) in [5, 5.41) is 2.98. The van der Waals surface area contributed by atoms with Crippen molar-refractivity contribution in [1.29, 1.82) is 0 Å². The second-order valence-corrected chi connectivity index (χ2v) is 10.4. The molecule has 0 spiro atoms. The molecule has 0 aliphatic heterocycles. The van der Waals surface area contributed by atoms with Crippen molar-refractivity contribution in [2.24, 2.45) is 0 Å². The summed E-state index contributed by atoms with van der Waals surface area (Å²) in [7, 11) is 0. The number of rotatable bonds is 10. The topological polar surface area (TPSA) is 58.6 Å². The first-order chi connectivity index (χ1) is 15.5. The standard InChI is InChI=1S/C27H37BrN2O3/c1-7-19(2)29-26(32)20(3)30(16-15-21-11-9-8-10-12-21)25(31)18-33-24-14-13-22(17-23(24)28)27(4,5)6/h8-14,17,19-20H,7,15-16,18H2,1-6H3,(H,29,32)/t19-,20-/m0/s1. The summed E-state index contributed by atoms with van der Waals surface area (Å²) in [5.41, 5.74) is 2.31. The van der Waals surface area contributed by atoms with Crippen LogP contribution in [0.5, 0.6) is 5.75 Å². The molecule has 0 heterocycles. The molecule has 2 amide bonds. The summed E-state index contributed by atoms with van der Waals surface area (Å²) in [6.07, 6.45) is 1.50. The second kappa shape index (κ2) is 12.2. The van der Waals surface area contributed by atoms with E-state index in [0.29, 0.717) is 18.7 Å². The predicted octanol–water partition coefficient (Wildman–Crippen LogP) is 5.50. The maximum atomic E-state index is 13.2. The van der Waals surface area contributed by atoms with Gasteiger partial charge in [-0.25, -0.2) is 0 Å². The van der Waals surface area contributed by atoms with Crippen LogP contribution in [0.1, 0.15) is 59.1 Å². The van der Waals surface area contributed by atoms with Gasteiger partial charge < -0.3 is 15.0 Å². The summed E-state index contributed by atoms with van der Waals surface area (Å²) in [5.74, 6) is 0.238. The minimum atomic E-state index is -0.592. The van der Waals surface area contributed by atoms with Crippen LogP contribution >= 0.6 is 15.9 Å². The Labute approximate surface area is 207 Å². The van der Waals surface area contributed by atoms with Gasteiger partial charge in [0.2, 0.25) is 5.91 Å². The molecule has 2 atom stereocenters. The number of nitrogens with one attached hydrogen (secondary N) is 1. The zero-order chi connectivity index (χ0) is 24.6. The minimum Gasteiger partial charge on any atom is -0.483 e. The highest BCUT2D eigenvalue weighted by atomic mass is 79.9. The van der Waals surface area contributed by atoms with Gasteiger partial charge >= 0.3 is 0 Å². The molecule has 0 saturated heterocycles. The molecule has 0 saturated carbocycles. The molecule has 0 aliphatic carbocycles. The fraction of sp³-hybridized carbons (Fsp3) is 0.481. The van der Waals surface area contributed by atoms with Gasteiger partial charge in [0.1, 0.15) is 11.8 Å². The molecule has 0 unspecified atom stereocenters. The lowest BCUT2D eigenvalue weighted by Crippen LogP contribution is -2.51. The number of carbonyl (C=O) groups is 2. The summed E-state index contributed by atoms with van der Waals surface area (Å²) in [6.45, 7) is 12.5. The lowest BCUT2D eigenvalue weighted by molar-refractivity contribution is -0.141. The van der Waals surface area contributed by atoms with Crippen LogP contribution in [-0.4, -0.2) is 41.9 Å². The van der Waals surface area contributed by atoms with Crippen LogP contribution in [0.2, 0.25) is 0 Å². The van der Waals surface area contributed by atoms with E-state index >= 15 is 0 Å². The Hall–Kier alpha value is -2.34. The van der Waals surface area contributed by atoms with Crippen LogP contribution in [0.25, 0.3) is 0 Å². The second-order valence-electron chi connectivity index (χ2n) is 9.50. The van der Waals surface area contributed by atoms with E-state index in [4.69, 9.17) is 4.74 Å². The third kappa shape index (κ3) is 8.18. The van der Waals surface area contributed by atoms with Crippen molar-refractivity contribution in [2.75, 3.05) is 13.2 Å². The smallest absolute Gasteiger partial charge is 0.261 e. The van der Waals surface area contributed by atoms with Crippen molar-refractivity contribution in [1.82, 2.24) is 10.2 Å². The van der Waals surface area contributed by atoms with E-state index in [2.05, 4.69) is 42.0 Å². The Morgan fingerprint density at radius 1 is 1.09 bits per heavy atom. The van der Waals surface area contributed by atoms with E-state index < -0.39 is 6.04 Å². The molecular formula is C27H37BrN2O3. The quantitative estimate of drug-likeness (QED) is 0.453. The number of halogens is 1. The Morgan fingerprint density at radius 2 is 1.76 bits per heavy atom. The van der Waals surface area contributed by atoms with Gasteiger partial charge in [-0.15, -0.1) is 0 Å². The zero-order valence-electron chi connectivity index (χ0n) is 20.7. The van der Waals surface area contributed by atoms with Gasteiger partial charge in [-0.05, 0) is 71.3 Å². The first-order valence-electron chi connectivity index (χ1n) is 11.6. The Morgan fingerprint density at radius 3 is 2.33 bits per heavy atom. The predicted molar refractivity (Wildman–Crippen MR) is 138 cm³/mol. The molecule has 2 aromatic rings. The number of carbonyl (C=O) groups excluding carboxylic acids is 2. The number of amides is 2. The lowest BCUT2D eigenvalue weighted by Gasteiger charge is -2.29. The van der Waals surface area contributed by atoms with Crippen molar-refractivity contribution >= 4 is 27.7 Å². The molecule has 6 heteroatoms. The highest BCUT2D eigenvalue weighted by Gasteiger charge is 2.27. The molecule has 1 N–H and O–H groups in total. The number of benzene rings is 2. The molecule has 2 aromatic carbocycles. The third-order valence-electron chi connectivity index (χ3n) is 5.80. The van der Waals surface area contributed by atoms with E-state index in [1.165, 1.54) is 5.56 Å². The summed E-state index contributed by atoms with van der Waals surface area (Å²) in [6, 6.07) is 15.3. The summed E-state index contributed by atoms with van der Waals surface area (Å²) < 4.78 is 6.67. The molecule has 5 nitrogen and oxygen atoms in total. The Balaban J connectivity index is 2.12.